The zero-order valence-corrected chi connectivity index (χ0v) is 10.7. The van der Waals surface area contributed by atoms with Crippen LogP contribution >= 0.6 is 0 Å². The molecule has 0 saturated heterocycles. The number of anilines is 2. The second kappa shape index (κ2) is 5.90. The highest BCUT2D eigenvalue weighted by molar-refractivity contribution is 6.07. The third-order valence-electron chi connectivity index (χ3n) is 2.58. The SMILES string of the molecule is CC(C(=O)Nc1cccc(N(C)C)c1)/C(N)=N/O. The van der Waals surface area contributed by atoms with Crippen LogP contribution < -0.4 is 16.0 Å². The topological polar surface area (TPSA) is 91.0 Å². The lowest BCUT2D eigenvalue weighted by atomic mass is 10.1. The summed E-state index contributed by atoms with van der Waals surface area (Å²) in [5, 5.41) is 14.1. The molecule has 0 radical (unpaired) electrons. The van der Waals surface area contributed by atoms with Gasteiger partial charge in [0.1, 0.15) is 0 Å². The van der Waals surface area contributed by atoms with Crippen LogP contribution in [0.15, 0.2) is 29.4 Å². The van der Waals surface area contributed by atoms with E-state index in [9.17, 15) is 4.79 Å². The lowest BCUT2D eigenvalue weighted by Gasteiger charge is -2.15. The standard InChI is InChI=1S/C12H18N4O2/c1-8(11(13)15-18)12(17)14-9-5-4-6-10(7-9)16(2)3/h4-8,18H,1-3H3,(H2,13,15)(H,14,17). The molecule has 0 saturated carbocycles. The fourth-order valence-corrected chi connectivity index (χ4v) is 1.33. The van der Waals surface area contributed by atoms with Crippen molar-refractivity contribution in [3.05, 3.63) is 24.3 Å². The zero-order valence-electron chi connectivity index (χ0n) is 10.7. The summed E-state index contributed by atoms with van der Waals surface area (Å²) >= 11 is 0. The number of carbonyl (C=O) groups is 1. The van der Waals surface area contributed by atoms with Gasteiger partial charge in [-0.15, -0.1) is 0 Å². The van der Waals surface area contributed by atoms with E-state index >= 15 is 0 Å². The highest BCUT2D eigenvalue weighted by Gasteiger charge is 2.17. The Morgan fingerprint density at radius 2 is 2.17 bits per heavy atom. The van der Waals surface area contributed by atoms with Gasteiger partial charge in [0, 0.05) is 25.5 Å². The third-order valence-corrected chi connectivity index (χ3v) is 2.58. The molecule has 0 aromatic heterocycles. The summed E-state index contributed by atoms with van der Waals surface area (Å²) in [5.41, 5.74) is 7.03. The zero-order chi connectivity index (χ0) is 13.7. The Hall–Kier alpha value is -2.24. The molecule has 1 aromatic carbocycles. The number of amides is 1. The van der Waals surface area contributed by atoms with Crippen LogP contribution in [0.2, 0.25) is 0 Å². The maximum absolute atomic E-state index is 11.8. The van der Waals surface area contributed by atoms with Gasteiger partial charge in [0.05, 0.1) is 5.92 Å². The molecule has 0 spiro atoms. The van der Waals surface area contributed by atoms with E-state index in [2.05, 4.69) is 10.5 Å². The van der Waals surface area contributed by atoms with Gasteiger partial charge in [-0.3, -0.25) is 4.79 Å². The van der Waals surface area contributed by atoms with E-state index in [1.165, 1.54) is 0 Å². The summed E-state index contributed by atoms with van der Waals surface area (Å²) in [4.78, 5) is 13.7. The van der Waals surface area contributed by atoms with Gasteiger partial charge in [-0.1, -0.05) is 11.2 Å². The fourth-order valence-electron chi connectivity index (χ4n) is 1.33. The molecule has 18 heavy (non-hydrogen) atoms. The molecule has 6 heteroatoms. The maximum Gasteiger partial charge on any atom is 0.234 e. The van der Waals surface area contributed by atoms with Gasteiger partial charge in [-0.25, -0.2) is 0 Å². The van der Waals surface area contributed by atoms with Gasteiger partial charge in [0.2, 0.25) is 5.91 Å². The second-order valence-corrected chi connectivity index (χ2v) is 4.18. The van der Waals surface area contributed by atoms with E-state index in [0.717, 1.165) is 5.69 Å². The number of amidine groups is 1. The van der Waals surface area contributed by atoms with Crippen LogP contribution in [0.4, 0.5) is 11.4 Å². The van der Waals surface area contributed by atoms with Crippen LogP contribution in [0.1, 0.15) is 6.92 Å². The quantitative estimate of drug-likeness (QED) is 0.323. The van der Waals surface area contributed by atoms with Gasteiger partial charge in [-0.05, 0) is 25.1 Å². The van der Waals surface area contributed by atoms with E-state index in [-0.39, 0.29) is 11.7 Å². The van der Waals surface area contributed by atoms with Crippen molar-refractivity contribution in [2.75, 3.05) is 24.3 Å². The Balaban J connectivity index is 2.79. The molecule has 0 aliphatic carbocycles. The molecular formula is C12H18N4O2. The van der Waals surface area contributed by atoms with Crippen molar-refractivity contribution in [2.45, 2.75) is 6.92 Å². The molecule has 6 nitrogen and oxygen atoms in total. The molecule has 1 rings (SSSR count). The monoisotopic (exact) mass is 250 g/mol. The number of hydrogen-bond donors (Lipinski definition) is 3. The van der Waals surface area contributed by atoms with Gasteiger partial charge in [0.15, 0.2) is 5.84 Å². The van der Waals surface area contributed by atoms with Gasteiger partial charge < -0.3 is 21.2 Å². The number of carbonyl (C=O) groups excluding carboxylic acids is 1. The number of hydrogen-bond acceptors (Lipinski definition) is 4. The van der Waals surface area contributed by atoms with Crippen LogP contribution in [0, 0.1) is 5.92 Å². The van der Waals surface area contributed by atoms with E-state index in [0.29, 0.717) is 5.69 Å². The van der Waals surface area contributed by atoms with Crippen molar-refractivity contribution >= 4 is 23.1 Å². The van der Waals surface area contributed by atoms with Crippen molar-refractivity contribution < 1.29 is 10.0 Å². The van der Waals surface area contributed by atoms with Crippen molar-refractivity contribution in [3.63, 3.8) is 0 Å². The molecule has 0 fully saturated rings. The lowest BCUT2D eigenvalue weighted by molar-refractivity contribution is -0.117. The van der Waals surface area contributed by atoms with Gasteiger partial charge in [-0.2, -0.15) is 0 Å². The lowest BCUT2D eigenvalue weighted by Crippen LogP contribution is -2.32. The van der Waals surface area contributed by atoms with Crippen LogP contribution in [0.25, 0.3) is 0 Å². The van der Waals surface area contributed by atoms with Crippen molar-refractivity contribution in [2.24, 2.45) is 16.8 Å². The van der Waals surface area contributed by atoms with E-state index in [1.807, 2.05) is 37.2 Å². The predicted octanol–water partition coefficient (Wildman–Crippen LogP) is 1.07. The summed E-state index contributed by atoms with van der Waals surface area (Å²) < 4.78 is 0. The molecule has 1 aromatic rings. The summed E-state index contributed by atoms with van der Waals surface area (Å²) in [7, 11) is 3.83. The fraction of sp³-hybridized carbons (Fsp3) is 0.333. The van der Waals surface area contributed by atoms with Gasteiger partial charge >= 0.3 is 0 Å². The molecule has 1 atom stereocenters. The molecule has 0 aliphatic rings. The summed E-state index contributed by atoms with van der Waals surface area (Å²) in [5.74, 6) is -1.12. The van der Waals surface area contributed by atoms with E-state index < -0.39 is 5.92 Å². The normalized spacial score (nSPS) is 12.9. The summed E-state index contributed by atoms with van der Waals surface area (Å²) in [6, 6.07) is 7.41. The molecule has 98 valence electrons. The van der Waals surface area contributed by atoms with Crippen LogP contribution in [-0.4, -0.2) is 31.0 Å². The minimum atomic E-state index is -0.682. The van der Waals surface area contributed by atoms with Crippen molar-refractivity contribution in [1.29, 1.82) is 0 Å². The van der Waals surface area contributed by atoms with Gasteiger partial charge in [0.25, 0.3) is 0 Å². The number of rotatable bonds is 4. The minimum Gasteiger partial charge on any atom is -0.409 e. The van der Waals surface area contributed by atoms with E-state index in [4.69, 9.17) is 10.9 Å². The largest absolute Gasteiger partial charge is 0.409 e. The smallest absolute Gasteiger partial charge is 0.234 e. The first-order valence-corrected chi connectivity index (χ1v) is 5.51. The van der Waals surface area contributed by atoms with Crippen LogP contribution in [0.5, 0.6) is 0 Å². The Morgan fingerprint density at radius 1 is 1.50 bits per heavy atom. The number of nitrogens with zero attached hydrogens (tertiary/aromatic N) is 2. The molecule has 0 aliphatic heterocycles. The van der Waals surface area contributed by atoms with Crippen LogP contribution in [-0.2, 0) is 4.79 Å². The first-order chi connectivity index (χ1) is 8.45. The Morgan fingerprint density at radius 3 is 2.72 bits per heavy atom. The number of nitrogens with one attached hydrogen (secondary N) is 1. The Labute approximate surface area is 106 Å². The molecule has 0 bridgehead atoms. The molecule has 1 unspecified atom stereocenters. The molecule has 4 N–H and O–H groups in total. The average Bonchev–Trinajstić information content (AvgIpc) is 2.37. The number of benzene rings is 1. The Kier molecular flexibility index (Phi) is 4.53. The Bertz CT molecular complexity index is 457. The number of nitrogens with two attached hydrogens (primary N) is 1. The minimum absolute atomic E-state index is 0.115. The molecular weight excluding hydrogens is 232 g/mol. The summed E-state index contributed by atoms with van der Waals surface area (Å²) in [6.45, 7) is 1.57. The maximum atomic E-state index is 11.8. The highest BCUT2D eigenvalue weighted by Crippen LogP contribution is 2.17. The first kappa shape index (κ1) is 13.8. The predicted molar refractivity (Wildman–Crippen MR) is 72.0 cm³/mol. The number of oxime groups is 1. The second-order valence-electron chi connectivity index (χ2n) is 4.18. The van der Waals surface area contributed by atoms with Crippen molar-refractivity contribution in [3.8, 4) is 0 Å². The highest BCUT2D eigenvalue weighted by atomic mass is 16.4. The molecule has 0 heterocycles. The van der Waals surface area contributed by atoms with E-state index in [1.54, 1.807) is 13.0 Å². The third kappa shape index (κ3) is 3.38. The molecule has 1 amide bonds. The van der Waals surface area contributed by atoms with Crippen LogP contribution in [0.3, 0.4) is 0 Å². The summed E-state index contributed by atoms with van der Waals surface area (Å²) in [6.07, 6.45) is 0. The average molecular weight is 250 g/mol. The first-order valence-electron chi connectivity index (χ1n) is 5.51. The van der Waals surface area contributed by atoms with Crippen molar-refractivity contribution in [1.82, 2.24) is 0 Å².